The van der Waals surface area contributed by atoms with Crippen molar-refractivity contribution in [3.05, 3.63) is 59.9 Å². The molecule has 1 amide bonds. The van der Waals surface area contributed by atoms with Crippen molar-refractivity contribution in [3.8, 4) is 0 Å². The number of nitrogens with zero attached hydrogens (tertiary/aromatic N) is 2. The molecule has 0 radical (unpaired) electrons. The van der Waals surface area contributed by atoms with Gasteiger partial charge in [0.2, 0.25) is 0 Å². The number of rotatable bonds is 3. The highest BCUT2D eigenvalue weighted by molar-refractivity contribution is 5.92. The van der Waals surface area contributed by atoms with E-state index in [9.17, 15) is 9.18 Å². The molecule has 1 aromatic heterocycles. The van der Waals surface area contributed by atoms with E-state index in [1.807, 2.05) is 0 Å². The molecule has 0 spiro atoms. The van der Waals surface area contributed by atoms with Gasteiger partial charge >= 0.3 is 0 Å². The van der Waals surface area contributed by atoms with E-state index in [1.165, 1.54) is 30.7 Å². The van der Waals surface area contributed by atoms with Crippen molar-refractivity contribution in [3.63, 3.8) is 0 Å². The Bertz CT molecular complexity index is 545. The molecule has 92 valence electrons. The zero-order valence-corrected chi connectivity index (χ0v) is 9.80. The van der Waals surface area contributed by atoms with E-state index < -0.39 is 0 Å². The fourth-order valence-electron chi connectivity index (χ4n) is 1.55. The lowest BCUT2D eigenvalue weighted by Crippen LogP contribution is -2.27. The molecule has 4 nitrogen and oxygen atoms in total. The molecule has 0 bridgehead atoms. The predicted molar refractivity (Wildman–Crippen MR) is 64.3 cm³/mol. The second kappa shape index (κ2) is 5.35. The highest BCUT2D eigenvalue weighted by atomic mass is 19.1. The lowest BCUT2D eigenvalue weighted by Gasteiger charge is -2.13. The van der Waals surface area contributed by atoms with Crippen molar-refractivity contribution in [1.29, 1.82) is 0 Å². The Morgan fingerprint density at radius 1 is 1.39 bits per heavy atom. The molecule has 1 aromatic carbocycles. The maximum atomic E-state index is 13.1. The molecular weight excluding hydrogens is 233 g/mol. The Hall–Kier alpha value is -2.30. The second-order valence-electron chi connectivity index (χ2n) is 3.84. The Labute approximate surface area is 104 Å². The number of hydrogen-bond acceptors (Lipinski definition) is 3. The summed E-state index contributed by atoms with van der Waals surface area (Å²) >= 11 is 0. The van der Waals surface area contributed by atoms with Crippen LogP contribution in [-0.2, 0) is 0 Å². The second-order valence-corrected chi connectivity index (χ2v) is 3.84. The number of carbonyl (C=O) groups excluding carboxylic acids is 1. The van der Waals surface area contributed by atoms with Crippen LogP contribution in [0.15, 0.2) is 42.9 Å². The molecule has 0 saturated carbocycles. The molecule has 0 aliphatic heterocycles. The van der Waals surface area contributed by atoms with E-state index in [4.69, 9.17) is 0 Å². The van der Waals surface area contributed by atoms with Crippen LogP contribution in [0.5, 0.6) is 0 Å². The maximum absolute atomic E-state index is 13.1. The van der Waals surface area contributed by atoms with Gasteiger partial charge in [-0.25, -0.2) is 9.37 Å². The molecular formula is C13H12FN3O. The highest BCUT2D eigenvalue weighted by Gasteiger charge is 2.12. The van der Waals surface area contributed by atoms with Crippen molar-refractivity contribution in [2.24, 2.45) is 0 Å². The summed E-state index contributed by atoms with van der Waals surface area (Å²) in [6.45, 7) is 1.78. The Morgan fingerprint density at radius 3 is 2.89 bits per heavy atom. The third-order valence-corrected chi connectivity index (χ3v) is 2.49. The highest BCUT2D eigenvalue weighted by Crippen LogP contribution is 2.13. The van der Waals surface area contributed by atoms with Crippen molar-refractivity contribution in [1.82, 2.24) is 15.3 Å². The standard InChI is InChI=1S/C13H12FN3O/c1-9(10-3-2-4-11(14)7-10)17-13(18)12-8-15-5-6-16-12/h2-9H,1H3,(H,17,18). The molecule has 1 N–H and O–H groups in total. The lowest BCUT2D eigenvalue weighted by atomic mass is 10.1. The first-order chi connectivity index (χ1) is 8.66. The average Bonchev–Trinajstić information content (AvgIpc) is 2.39. The monoisotopic (exact) mass is 245 g/mol. The van der Waals surface area contributed by atoms with E-state index >= 15 is 0 Å². The van der Waals surface area contributed by atoms with Crippen LogP contribution in [0, 0.1) is 5.82 Å². The summed E-state index contributed by atoms with van der Waals surface area (Å²) in [6, 6.07) is 5.82. The number of nitrogens with one attached hydrogen (secondary N) is 1. The van der Waals surface area contributed by atoms with Crippen molar-refractivity contribution >= 4 is 5.91 Å². The SMILES string of the molecule is CC(NC(=O)c1cnccn1)c1cccc(F)c1. The molecule has 5 heteroatoms. The predicted octanol–water partition coefficient (Wildman–Crippen LogP) is 2.11. The first-order valence-corrected chi connectivity index (χ1v) is 5.49. The molecule has 0 fully saturated rings. The van der Waals surface area contributed by atoms with Gasteiger partial charge in [0.15, 0.2) is 0 Å². The Balaban J connectivity index is 2.08. The van der Waals surface area contributed by atoms with E-state index in [-0.39, 0.29) is 23.5 Å². The van der Waals surface area contributed by atoms with Gasteiger partial charge in [0.05, 0.1) is 12.2 Å². The molecule has 0 saturated heterocycles. The molecule has 1 unspecified atom stereocenters. The summed E-state index contributed by atoms with van der Waals surface area (Å²) in [5.41, 5.74) is 0.938. The zero-order valence-electron chi connectivity index (χ0n) is 9.80. The van der Waals surface area contributed by atoms with Gasteiger partial charge in [-0.3, -0.25) is 9.78 Å². The van der Waals surface area contributed by atoms with E-state index in [1.54, 1.807) is 19.1 Å². The van der Waals surface area contributed by atoms with Gasteiger partial charge in [-0.2, -0.15) is 0 Å². The van der Waals surface area contributed by atoms with Crippen molar-refractivity contribution < 1.29 is 9.18 Å². The normalized spacial score (nSPS) is 11.9. The van der Waals surface area contributed by atoms with E-state index in [0.717, 1.165) is 0 Å². The van der Waals surface area contributed by atoms with Crippen LogP contribution >= 0.6 is 0 Å². The fraction of sp³-hybridized carbons (Fsp3) is 0.154. The largest absolute Gasteiger partial charge is 0.344 e. The Kier molecular flexibility index (Phi) is 3.62. The number of aromatic nitrogens is 2. The number of amides is 1. The first kappa shape index (κ1) is 12.2. The summed E-state index contributed by atoms with van der Waals surface area (Å²) in [4.78, 5) is 19.5. The topological polar surface area (TPSA) is 54.9 Å². The van der Waals surface area contributed by atoms with Crippen LogP contribution in [0.2, 0.25) is 0 Å². The molecule has 2 aromatic rings. The third-order valence-electron chi connectivity index (χ3n) is 2.49. The van der Waals surface area contributed by atoms with Gasteiger partial charge in [0.1, 0.15) is 11.5 Å². The molecule has 18 heavy (non-hydrogen) atoms. The van der Waals surface area contributed by atoms with Crippen molar-refractivity contribution in [2.75, 3.05) is 0 Å². The molecule has 0 aliphatic rings. The van der Waals surface area contributed by atoms with Crippen LogP contribution in [0.25, 0.3) is 0 Å². The van der Waals surface area contributed by atoms with Gasteiger partial charge < -0.3 is 5.32 Å². The minimum absolute atomic E-state index is 0.237. The van der Waals surface area contributed by atoms with Gasteiger partial charge in [-0.15, -0.1) is 0 Å². The van der Waals surface area contributed by atoms with Gasteiger partial charge in [0.25, 0.3) is 5.91 Å². The molecule has 0 aliphatic carbocycles. The summed E-state index contributed by atoms with van der Waals surface area (Å²) < 4.78 is 13.1. The molecule has 2 rings (SSSR count). The molecule has 1 atom stereocenters. The number of hydrogen-bond donors (Lipinski definition) is 1. The fourth-order valence-corrected chi connectivity index (χ4v) is 1.55. The zero-order chi connectivity index (χ0) is 13.0. The van der Waals surface area contributed by atoms with Crippen LogP contribution in [0.1, 0.15) is 29.0 Å². The minimum Gasteiger partial charge on any atom is -0.344 e. The Morgan fingerprint density at radius 2 is 2.22 bits per heavy atom. The third kappa shape index (κ3) is 2.88. The number of benzene rings is 1. The quantitative estimate of drug-likeness (QED) is 0.901. The first-order valence-electron chi connectivity index (χ1n) is 5.49. The van der Waals surface area contributed by atoms with Gasteiger partial charge in [-0.05, 0) is 24.6 Å². The van der Waals surface area contributed by atoms with Crippen LogP contribution in [0.3, 0.4) is 0 Å². The smallest absolute Gasteiger partial charge is 0.271 e. The van der Waals surface area contributed by atoms with Crippen LogP contribution in [0.4, 0.5) is 4.39 Å². The summed E-state index contributed by atoms with van der Waals surface area (Å²) in [5.74, 6) is -0.659. The molecule has 1 heterocycles. The maximum Gasteiger partial charge on any atom is 0.271 e. The average molecular weight is 245 g/mol. The van der Waals surface area contributed by atoms with Crippen LogP contribution < -0.4 is 5.32 Å². The number of halogens is 1. The van der Waals surface area contributed by atoms with Gasteiger partial charge in [0, 0.05) is 12.4 Å². The number of carbonyl (C=O) groups is 1. The van der Waals surface area contributed by atoms with Crippen molar-refractivity contribution in [2.45, 2.75) is 13.0 Å². The summed E-state index contributed by atoms with van der Waals surface area (Å²) in [6.07, 6.45) is 4.32. The lowest BCUT2D eigenvalue weighted by molar-refractivity contribution is 0.0934. The minimum atomic E-state index is -0.333. The summed E-state index contributed by atoms with van der Waals surface area (Å²) in [5, 5.41) is 2.73. The summed E-state index contributed by atoms with van der Waals surface area (Å²) in [7, 11) is 0. The van der Waals surface area contributed by atoms with Gasteiger partial charge in [-0.1, -0.05) is 12.1 Å². The van der Waals surface area contributed by atoms with E-state index in [0.29, 0.717) is 5.56 Å². The van der Waals surface area contributed by atoms with Crippen LogP contribution in [-0.4, -0.2) is 15.9 Å². The van der Waals surface area contributed by atoms with E-state index in [2.05, 4.69) is 15.3 Å².